The van der Waals surface area contributed by atoms with E-state index in [-0.39, 0.29) is 23.5 Å². The van der Waals surface area contributed by atoms with Crippen LogP contribution in [0.1, 0.15) is 32.9 Å². The Morgan fingerprint density at radius 2 is 2.00 bits per heavy atom. The molecule has 0 radical (unpaired) electrons. The zero-order valence-electron chi connectivity index (χ0n) is 16.8. The number of aryl methyl sites for hydroxylation is 1. The summed E-state index contributed by atoms with van der Waals surface area (Å²) >= 11 is 0. The second-order valence-corrected chi connectivity index (χ2v) is 6.86. The highest BCUT2D eigenvalue weighted by Gasteiger charge is 2.52. The summed E-state index contributed by atoms with van der Waals surface area (Å²) in [6.07, 6.45) is -12.5. The fraction of sp³-hybridized carbons (Fsp3) is 0.588. The number of anilines is 1. The Hall–Kier alpha value is -3.23. The van der Waals surface area contributed by atoms with Crippen molar-refractivity contribution >= 4 is 29.1 Å². The Balaban J connectivity index is 2.12. The predicted molar refractivity (Wildman–Crippen MR) is 97.6 cm³/mol. The highest BCUT2D eigenvalue weighted by atomic mass is 19.4. The third-order valence-corrected chi connectivity index (χ3v) is 4.56. The largest absolute Gasteiger partial charge is 0.454 e. The molecule has 4 atom stereocenters. The molecule has 0 saturated carbocycles. The molecular formula is C17H19F4N5O6. The summed E-state index contributed by atoms with van der Waals surface area (Å²) in [6.45, 7) is 1.63. The molecule has 1 fully saturated rings. The van der Waals surface area contributed by atoms with E-state index in [0.29, 0.717) is 4.57 Å². The van der Waals surface area contributed by atoms with Gasteiger partial charge in [-0.1, -0.05) is 6.92 Å². The van der Waals surface area contributed by atoms with Crippen LogP contribution >= 0.6 is 0 Å². The molecule has 0 aliphatic carbocycles. The average molecular weight is 465 g/mol. The lowest BCUT2D eigenvalue weighted by Gasteiger charge is -2.19. The minimum atomic E-state index is -4.57. The number of ether oxygens (including phenoxy) is 3. The third kappa shape index (κ3) is 4.66. The van der Waals surface area contributed by atoms with E-state index < -0.39 is 61.6 Å². The van der Waals surface area contributed by atoms with Crippen LogP contribution in [-0.4, -0.2) is 55.8 Å². The fourth-order valence-electron chi connectivity index (χ4n) is 3.19. The topological polar surface area (TPSA) is 141 Å². The van der Waals surface area contributed by atoms with Crippen LogP contribution in [0.3, 0.4) is 0 Å². The van der Waals surface area contributed by atoms with E-state index in [2.05, 4.69) is 9.97 Å². The highest BCUT2D eigenvalue weighted by Crippen LogP contribution is 2.36. The van der Waals surface area contributed by atoms with E-state index in [1.54, 1.807) is 0 Å². The van der Waals surface area contributed by atoms with Crippen LogP contribution in [0.2, 0.25) is 0 Å². The molecule has 15 heteroatoms. The summed E-state index contributed by atoms with van der Waals surface area (Å²) in [7, 11) is 0. The van der Waals surface area contributed by atoms with E-state index in [4.69, 9.17) is 19.9 Å². The molecule has 2 aromatic rings. The van der Waals surface area contributed by atoms with Crippen LogP contribution < -0.4 is 11.4 Å². The number of aromatic nitrogens is 4. The monoisotopic (exact) mass is 465 g/mol. The third-order valence-electron chi connectivity index (χ3n) is 4.56. The van der Waals surface area contributed by atoms with Crippen LogP contribution in [0, 0.1) is 0 Å². The minimum absolute atomic E-state index is 0.115. The number of imidazole rings is 1. The van der Waals surface area contributed by atoms with Crippen LogP contribution in [0.5, 0.6) is 0 Å². The molecule has 0 spiro atoms. The quantitative estimate of drug-likeness (QED) is 0.492. The van der Waals surface area contributed by atoms with Gasteiger partial charge in [-0.2, -0.15) is 18.2 Å². The Morgan fingerprint density at radius 3 is 2.59 bits per heavy atom. The maximum atomic E-state index is 15.0. The molecule has 3 rings (SSSR count). The molecule has 176 valence electrons. The van der Waals surface area contributed by atoms with Crippen molar-refractivity contribution in [1.82, 2.24) is 19.1 Å². The summed E-state index contributed by atoms with van der Waals surface area (Å²) in [5.74, 6) is -2.09. The Bertz CT molecular complexity index is 1080. The first-order valence-electron chi connectivity index (χ1n) is 9.39. The Labute approximate surface area is 177 Å². The molecule has 0 aromatic carbocycles. The predicted octanol–water partition coefficient (Wildman–Crippen LogP) is 1.21. The SMILES string of the molecule is CCC(=O)O[C@H]1O[C@@H](n2c(=O)n(CCC(F)(F)F)c3cnc(N)nc32)[C@H](OC(C)=O)[C@H]1F. The second-order valence-electron chi connectivity index (χ2n) is 6.86. The van der Waals surface area contributed by atoms with Crippen LogP contribution in [0.25, 0.3) is 11.2 Å². The van der Waals surface area contributed by atoms with Gasteiger partial charge in [0.05, 0.1) is 12.6 Å². The summed E-state index contributed by atoms with van der Waals surface area (Å²) in [5.41, 5.74) is 4.07. The molecule has 1 aliphatic heterocycles. The maximum Gasteiger partial charge on any atom is 0.390 e. The second kappa shape index (κ2) is 8.72. The summed E-state index contributed by atoms with van der Waals surface area (Å²) in [4.78, 5) is 43.7. The number of esters is 2. The lowest BCUT2D eigenvalue weighted by Crippen LogP contribution is -2.37. The number of carbonyl (C=O) groups excluding carboxylic acids is 2. The standard InChI is InChI=1S/C17H19F4N5O6/c1-3-9(28)31-14-10(18)11(30-7(2)27)13(32-14)26-12-8(6-23-15(22)24-12)25(16(26)29)5-4-17(19,20)21/h6,10-11,13-14H,3-5H2,1-2H3,(H2,22,23,24)/t10-,11-,13-,14+/m1/s1. The summed E-state index contributed by atoms with van der Waals surface area (Å²) < 4.78 is 69.8. The van der Waals surface area contributed by atoms with Gasteiger partial charge >= 0.3 is 23.8 Å². The van der Waals surface area contributed by atoms with E-state index >= 15 is 0 Å². The van der Waals surface area contributed by atoms with Gasteiger partial charge in [0.15, 0.2) is 18.0 Å². The van der Waals surface area contributed by atoms with E-state index in [1.807, 2.05) is 0 Å². The van der Waals surface area contributed by atoms with E-state index in [1.165, 1.54) is 6.92 Å². The van der Waals surface area contributed by atoms with Crippen molar-refractivity contribution in [3.05, 3.63) is 16.7 Å². The van der Waals surface area contributed by atoms with Gasteiger partial charge in [-0.05, 0) is 0 Å². The number of fused-ring (bicyclic) bond motifs is 1. The van der Waals surface area contributed by atoms with Crippen molar-refractivity contribution in [3.63, 3.8) is 0 Å². The molecule has 0 unspecified atom stereocenters. The van der Waals surface area contributed by atoms with Crippen molar-refractivity contribution in [1.29, 1.82) is 0 Å². The molecule has 1 saturated heterocycles. The van der Waals surface area contributed by atoms with Gasteiger partial charge in [0.1, 0.15) is 5.52 Å². The molecule has 3 heterocycles. The van der Waals surface area contributed by atoms with E-state index in [9.17, 15) is 31.9 Å². The smallest absolute Gasteiger partial charge is 0.390 e. The first-order chi connectivity index (χ1) is 14.9. The zero-order valence-corrected chi connectivity index (χ0v) is 16.8. The normalized spacial score (nSPS) is 23.4. The van der Waals surface area contributed by atoms with E-state index in [0.717, 1.165) is 17.7 Å². The lowest BCUT2D eigenvalue weighted by molar-refractivity contribution is -0.188. The highest BCUT2D eigenvalue weighted by molar-refractivity contribution is 5.72. The number of nitrogens with two attached hydrogens (primary N) is 1. The number of halogens is 4. The van der Waals surface area contributed by atoms with Gasteiger partial charge < -0.3 is 19.9 Å². The maximum absolute atomic E-state index is 15.0. The van der Waals surface area contributed by atoms with Gasteiger partial charge in [0, 0.05) is 19.9 Å². The van der Waals surface area contributed by atoms with Gasteiger partial charge in [-0.3, -0.25) is 14.2 Å². The number of nitrogen functional groups attached to an aromatic ring is 1. The van der Waals surface area contributed by atoms with Crippen LogP contribution in [0.15, 0.2) is 11.0 Å². The molecule has 1 aliphatic rings. The average Bonchev–Trinajstić information content (AvgIpc) is 3.12. The number of rotatable bonds is 6. The number of carbonyl (C=O) groups is 2. The van der Waals surface area contributed by atoms with Crippen LogP contribution in [0.4, 0.5) is 23.5 Å². The van der Waals surface area contributed by atoms with Gasteiger partial charge in [-0.15, -0.1) is 0 Å². The van der Waals surface area contributed by atoms with Crippen molar-refractivity contribution in [2.45, 2.75) is 64.2 Å². The van der Waals surface area contributed by atoms with Crippen molar-refractivity contribution in [2.24, 2.45) is 0 Å². The van der Waals surface area contributed by atoms with Crippen molar-refractivity contribution in [3.8, 4) is 0 Å². The lowest BCUT2D eigenvalue weighted by atomic mass is 10.2. The van der Waals surface area contributed by atoms with Crippen LogP contribution in [-0.2, 0) is 30.3 Å². The Morgan fingerprint density at radius 1 is 1.31 bits per heavy atom. The van der Waals surface area contributed by atoms with Gasteiger partial charge in [0.2, 0.25) is 18.4 Å². The first kappa shape index (κ1) is 23.4. The summed E-state index contributed by atoms with van der Waals surface area (Å²) in [5, 5.41) is 0. The summed E-state index contributed by atoms with van der Waals surface area (Å²) in [6, 6.07) is 0. The number of hydrogen-bond donors (Lipinski definition) is 1. The molecule has 11 nitrogen and oxygen atoms in total. The first-order valence-corrected chi connectivity index (χ1v) is 9.39. The minimum Gasteiger partial charge on any atom is -0.454 e. The fourth-order valence-corrected chi connectivity index (χ4v) is 3.19. The number of alkyl halides is 4. The molecule has 0 amide bonds. The molecule has 32 heavy (non-hydrogen) atoms. The molecule has 2 N–H and O–H groups in total. The van der Waals surface area contributed by atoms with Crippen molar-refractivity contribution < 1.29 is 41.4 Å². The molecular weight excluding hydrogens is 446 g/mol. The van der Waals surface area contributed by atoms with Crippen molar-refractivity contribution in [2.75, 3.05) is 5.73 Å². The molecule has 0 bridgehead atoms. The van der Waals surface area contributed by atoms with Gasteiger partial charge in [-0.25, -0.2) is 18.7 Å². The van der Waals surface area contributed by atoms with Gasteiger partial charge in [0.25, 0.3) is 0 Å². The Kier molecular flexibility index (Phi) is 6.39. The number of hydrogen-bond acceptors (Lipinski definition) is 9. The molecule has 2 aromatic heterocycles. The number of nitrogens with zero attached hydrogens (tertiary/aromatic N) is 4. The zero-order chi connectivity index (χ0) is 23.8.